The molecule has 1 heterocycles. The van der Waals surface area contributed by atoms with Gasteiger partial charge in [0.1, 0.15) is 12.7 Å². The summed E-state index contributed by atoms with van der Waals surface area (Å²) in [6.45, 7) is -0.0164. The number of imidazole rings is 1. The zero-order valence-corrected chi connectivity index (χ0v) is 17.1. The number of hydrogen-bond acceptors (Lipinski definition) is 6. The minimum absolute atomic E-state index is 0.0164. The monoisotopic (exact) mass is 430 g/mol. The van der Waals surface area contributed by atoms with Gasteiger partial charge in [-0.15, -0.1) is 0 Å². The summed E-state index contributed by atoms with van der Waals surface area (Å²) in [6, 6.07) is 22.9. The van der Waals surface area contributed by atoms with Gasteiger partial charge in [0.2, 0.25) is 0 Å². The number of anilines is 2. The van der Waals surface area contributed by atoms with Crippen LogP contribution in [-0.4, -0.2) is 33.2 Å². The summed E-state index contributed by atoms with van der Waals surface area (Å²) in [6.07, 6.45) is -2.27. The van der Waals surface area contributed by atoms with E-state index in [1.165, 1.54) is 0 Å². The highest BCUT2D eigenvalue weighted by Gasteiger charge is 2.31. The molecule has 0 fully saturated rings. The lowest BCUT2D eigenvalue weighted by Crippen LogP contribution is -2.44. The number of hydrogen-bond donors (Lipinski definition) is 3. The predicted octanol–water partition coefficient (Wildman–Crippen LogP) is 3.42. The summed E-state index contributed by atoms with van der Waals surface area (Å²) in [5.41, 5.74) is 8.61. The van der Waals surface area contributed by atoms with Crippen molar-refractivity contribution >= 4 is 34.7 Å². The highest BCUT2D eigenvalue weighted by atomic mass is 16.6. The van der Waals surface area contributed by atoms with Crippen LogP contribution in [0, 0.1) is 0 Å². The zero-order chi connectivity index (χ0) is 22.5. The third-order valence-electron chi connectivity index (χ3n) is 4.91. The van der Waals surface area contributed by atoms with E-state index in [0.717, 1.165) is 16.0 Å². The molecule has 32 heavy (non-hydrogen) atoms. The van der Waals surface area contributed by atoms with E-state index in [9.17, 15) is 14.7 Å². The molecule has 4 aromatic rings. The molecule has 0 saturated heterocycles. The Labute approximate surface area is 184 Å². The first kappa shape index (κ1) is 21.1. The Balaban J connectivity index is 1.61. The van der Waals surface area contributed by atoms with Crippen molar-refractivity contribution in [3.8, 4) is 0 Å². The van der Waals surface area contributed by atoms with Crippen molar-refractivity contribution in [2.75, 3.05) is 10.6 Å². The van der Waals surface area contributed by atoms with E-state index in [4.69, 9.17) is 10.5 Å². The van der Waals surface area contributed by atoms with Crippen LogP contribution < -0.4 is 10.6 Å². The van der Waals surface area contributed by atoms with Gasteiger partial charge >= 0.3 is 6.09 Å². The second-order valence-corrected chi connectivity index (χ2v) is 7.24. The number of nitrogen functional groups attached to an aromatic ring is 1. The first-order valence-corrected chi connectivity index (χ1v) is 10.0. The number of carbonyl (C=O) groups is 2. The number of nitrogens with one attached hydrogen (secondary N) is 1. The van der Waals surface area contributed by atoms with E-state index < -0.39 is 18.1 Å². The van der Waals surface area contributed by atoms with Crippen LogP contribution in [-0.2, 0) is 22.6 Å². The fourth-order valence-corrected chi connectivity index (χ4v) is 3.34. The minimum atomic E-state index is -1.44. The fourth-order valence-electron chi connectivity index (χ4n) is 3.34. The first-order chi connectivity index (χ1) is 15.5. The molecule has 162 valence electrons. The van der Waals surface area contributed by atoms with Crippen LogP contribution >= 0.6 is 0 Å². The SMILES string of the molecule is Nc1nc2ccc(N(C(=O)OCc3ccccc3)C(=O)C(O)Cc3ccccc3)cc2[nH]1. The maximum atomic E-state index is 13.2. The molecule has 1 aromatic heterocycles. The fraction of sp³-hybridized carbons (Fsp3) is 0.125. The standard InChI is InChI=1S/C24H22N4O4/c25-23-26-19-12-11-18(14-20(19)27-23)28(24(31)32-15-17-9-5-2-6-10-17)22(30)21(29)13-16-7-3-1-4-8-16/h1-12,14,21,29H,13,15H2,(H3,25,26,27). The van der Waals surface area contributed by atoms with Gasteiger partial charge in [-0.05, 0) is 29.3 Å². The van der Waals surface area contributed by atoms with Crippen LogP contribution in [0.3, 0.4) is 0 Å². The molecular formula is C24H22N4O4. The second-order valence-electron chi connectivity index (χ2n) is 7.24. The van der Waals surface area contributed by atoms with E-state index in [0.29, 0.717) is 11.0 Å². The number of nitrogens with two attached hydrogens (primary N) is 1. The summed E-state index contributed by atoms with van der Waals surface area (Å²) in [5, 5.41) is 10.6. The first-order valence-electron chi connectivity index (χ1n) is 10.0. The third-order valence-corrected chi connectivity index (χ3v) is 4.91. The van der Waals surface area contributed by atoms with E-state index >= 15 is 0 Å². The van der Waals surface area contributed by atoms with Gasteiger partial charge in [0.15, 0.2) is 5.95 Å². The molecule has 0 aliphatic carbocycles. The summed E-state index contributed by atoms with van der Waals surface area (Å²) in [4.78, 5) is 34.0. The van der Waals surface area contributed by atoms with Crippen molar-refractivity contribution in [1.29, 1.82) is 0 Å². The number of rotatable bonds is 6. The zero-order valence-electron chi connectivity index (χ0n) is 17.1. The van der Waals surface area contributed by atoms with Crippen molar-refractivity contribution in [2.24, 2.45) is 0 Å². The van der Waals surface area contributed by atoms with Gasteiger partial charge < -0.3 is 20.6 Å². The molecule has 0 radical (unpaired) electrons. The molecule has 1 unspecified atom stereocenters. The minimum Gasteiger partial charge on any atom is -0.444 e. The quantitative estimate of drug-likeness (QED) is 0.431. The molecule has 8 heteroatoms. The molecule has 3 aromatic carbocycles. The topological polar surface area (TPSA) is 122 Å². The van der Waals surface area contributed by atoms with Crippen LogP contribution in [0.2, 0.25) is 0 Å². The van der Waals surface area contributed by atoms with Crippen molar-refractivity contribution in [3.05, 3.63) is 90.0 Å². The molecule has 0 spiro atoms. The number of aromatic amines is 1. The number of ether oxygens (including phenoxy) is 1. The van der Waals surface area contributed by atoms with E-state index in [1.807, 2.05) is 48.5 Å². The summed E-state index contributed by atoms with van der Waals surface area (Å²) < 4.78 is 5.39. The van der Waals surface area contributed by atoms with E-state index in [-0.39, 0.29) is 24.7 Å². The maximum Gasteiger partial charge on any atom is 0.421 e. The van der Waals surface area contributed by atoms with Gasteiger partial charge in [0.25, 0.3) is 5.91 Å². The van der Waals surface area contributed by atoms with Crippen LogP contribution in [0.25, 0.3) is 11.0 Å². The largest absolute Gasteiger partial charge is 0.444 e. The van der Waals surface area contributed by atoms with Gasteiger partial charge in [-0.1, -0.05) is 60.7 Å². The van der Waals surface area contributed by atoms with Gasteiger partial charge in [-0.2, -0.15) is 0 Å². The number of nitrogens with zero attached hydrogens (tertiary/aromatic N) is 2. The normalized spacial score (nSPS) is 11.8. The van der Waals surface area contributed by atoms with Gasteiger partial charge in [-0.3, -0.25) is 4.79 Å². The van der Waals surface area contributed by atoms with Crippen molar-refractivity contribution in [3.63, 3.8) is 0 Å². The average molecular weight is 430 g/mol. The Morgan fingerprint density at radius 1 is 1.00 bits per heavy atom. The smallest absolute Gasteiger partial charge is 0.421 e. The Hall–Kier alpha value is -4.17. The van der Waals surface area contributed by atoms with Crippen LogP contribution in [0.15, 0.2) is 78.9 Å². The molecule has 0 saturated carbocycles. The summed E-state index contributed by atoms with van der Waals surface area (Å²) >= 11 is 0. The number of H-pyrrole nitrogens is 1. The number of aromatic nitrogens is 2. The van der Waals surface area contributed by atoms with Crippen LogP contribution in [0.1, 0.15) is 11.1 Å². The molecule has 4 rings (SSSR count). The summed E-state index contributed by atoms with van der Waals surface area (Å²) in [7, 11) is 0. The number of imide groups is 1. The highest BCUT2D eigenvalue weighted by molar-refractivity contribution is 6.14. The average Bonchev–Trinajstić information content (AvgIpc) is 3.18. The lowest BCUT2D eigenvalue weighted by Gasteiger charge is -2.23. The van der Waals surface area contributed by atoms with Crippen molar-refractivity contribution in [1.82, 2.24) is 9.97 Å². The molecular weight excluding hydrogens is 408 g/mol. The van der Waals surface area contributed by atoms with Gasteiger partial charge in [-0.25, -0.2) is 14.7 Å². The Morgan fingerprint density at radius 3 is 2.34 bits per heavy atom. The van der Waals surface area contributed by atoms with Crippen molar-refractivity contribution < 1.29 is 19.4 Å². The van der Waals surface area contributed by atoms with E-state index in [1.54, 1.807) is 30.3 Å². The number of aliphatic hydroxyl groups is 1. The van der Waals surface area contributed by atoms with Gasteiger partial charge in [0.05, 0.1) is 16.7 Å². The third kappa shape index (κ3) is 4.76. The predicted molar refractivity (Wildman–Crippen MR) is 121 cm³/mol. The number of amides is 2. The second kappa shape index (κ2) is 9.32. The molecule has 0 aliphatic heterocycles. The molecule has 4 N–H and O–H groups in total. The number of aliphatic hydroxyl groups excluding tert-OH is 1. The maximum absolute atomic E-state index is 13.2. The lowest BCUT2D eigenvalue weighted by atomic mass is 10.1. The van der Waals surface area contributed by atoms with Gasteiger partial charge in [0, 0.05) is 6.42 Å². The Morgan fingerprint density at radius 2 is 1.66 bits per heavy atom. The van der Waals surface area contributed by atoms with Crippen LogP contribution in [0.4, 0.5) is 16.4 Å². The number of carbonyl (C=O) groups excluding carboxylic acids is 2. The highest BCUT2D eigenvalue weighted by Crippen LogP contribution is 2.24. The van der Waals surface area contributed by atoms with Crippen molar-refractivity contribution in [2.45, 2.75) is 19.1 Å². The molecule has 2 amide bonds. The van der Waals surface area contributed by atoms with E-state index in [2.05, 4.69) is 9.97 Å². The summed E-state index contributed by atoms with van der Waals surface area (Å²) in [5.74, 6) is -0.579. The Bertz CT molecular complexity index is 1220. The molecule has 0 bridgehead atoms. The lowest BCUT2D eigenvalue weighted by molar-refractivity contribution is -0.126. The number of benzene rings is 3. The molecule has 8 nitrogen and oxygen atoms in total. The number of fused-ring (bicyclic) bond motifs is 1. The molecule has 1 atom stereocenters. The Kier molecular flexibility index (Phi) is 6.14. The molecule has 0 aliphatic rings. The van der Waals surface area contributed by atoms with Crippen LogP contribution in [0.5, 0.6) is 0 Å².